The first kappa shape index (κ1) is 49.1. The van der Waals surface area contributed by atoms with Crippen LogP contribution in [0.5, 0.6) is 0 Å². The molecule has 0 unspecified atom stereocenters. The first-order valence-corrected chi connectivity index (χ1v) is 23.9. The first-order valence-electron chi connectivity index (χ1n) is 22.8. The highest BCUT2D eigenvalue weighted by Crippen LogP contribution is 2.25. The van der Waals surface area contributed by atoms with E-state index < -0.39 is 6.15 Å². The summed E-state index contributed by atoms with van der Waals surface area (Å²) >= 11 is 19.9. The number of hydrogen-bond acceptors (Lipinski definition) is 0. The van der Waals surface area contributed by atoms with Crippen molar-refractivity contribution in [2.45, 2.75) is 163 Å². The normalized spacial score (nSPS) is 11.8. The zero-order valence-electron chi connectivity index (χ0n) is 37.1. The fourth-order valence-corrected chi connectivity index (χ4v) is 9.16. The molecule has 0 saturated heterocycles. The third-order valence-corrected chi connectivity index (χ3v) is 13.6. The SMILES string of the molecule is CCCCCCCCCCCCCCCC[N+](C)(C)Cc1ccccc1.CCCCCC[B-](c1ccc(C)c(Cl)c1)(c1ccc(C)c(Cl)c1)c1ccc(C)c(Cl)c1. The molecule has 57 heavy (non-hydrogen) atoms. The molecule has 0 amide bonds. The van der Waals surface area contributed by atoms with Crippen LogP contribution >= 0.6 is 34.8 Å². The Labute approximate surface area is 365 Å². The maximum atomic E-state index is 6.65. The molecule has 0 bridgehead atoms. The smallest absolute Gasteiger partial charge is 0.104 e. The van der Waals surface area contributed by atoms with E-state index in [1.54, 1.807) is 0 Å². The molecule has 0 aliphatic rings. The van der Waals surface area contributed by atoms with E-state index in [1.807, 2.05) is 20.8 Å². The van der Waals surface area contributed by atoms with E-state index in [9.17, 15) is 0 Å². The van der Waals surface area contributed by atoms with Crippen molar-refractivity contribution in [1.29, 1.82) is 0 Å². The second-order valence-corrected chi connectivity index (χ2v) is 19.0. The van der Waals surface area contributed by atoms with Gasteiger partial charge in [0.25, 0.3) is 0 Å². The number of benzene rings is 4. The molecular weight excluding hydrogens is 756 g/mol. The Kier molecular flexibility index (Phi) is 23.1. The molecule has 0 fully saturated rings. The van der Waals surface area contributed by atoms with E-state index in [2.05, 4.69) is 113 Å². The summed E-state index contributed by atoms with van der Waals surface area (Å²) < 4.78 is 1.11. The van der Waals surface area contributed by atoms with Crippen molar-refractivity contribution in [3.63, 3.8) is 0 Å². The molecule has 4 rings (SSSR count). The lowest BCUT2D eigenvalue weighted by Crippen LogP contribution is -2.67. The predicted molar refractivity (Wildman–Crippen MR) is 260 cm³/mol. The predicted octanol–water partition coefficient (Wildman–Crippen LogP) is 15.4. The summed E-state index contributed by atoms with van der Waals surface area (Å²) in [4.78, 5) is 0. The minimum atomic E-state index is -1.28. The quantitative estimate of drug-likeness (QED) is 0.0354. The van der Waals surface area contributed by atoms with Crippen molar-refractivity contribution in [2.75, 3.05) is 20.6 Å². The van der Waals surface area contributed by atoms with Gasteiger partial charge in [-0.1, -0.05) is 236 Å². The Morgan fingerprint density at radius 2 is 0.789 bits per heavy atom. The van der Waals surface area contributed by atoms with Crippen LogP contribution in [0.15, 0.2) is 84.9 Å². The second kappa shape index (κ2) is 26.8. The number of hydrogen-bond donors (Lipinski definition) is 0. The summed E-state index contributed by atoms with van der Waals surface area (Å²) in [6.45, 7) is 13.1. The number of aryl methyl sites for hydroxylation is 3. The highest BCUT2D eigenvalue weighted by Gasteiger charge is 2.31. The van der Waals surface area contributed by atoms with E-state index in [1.165, 1.54) is 138 Å². The molecule has 4 aromatic rings. The Bertz CT molecular complexity index is 1580. The molecule has 0 aliphatic heterocycles. The number of rotatable bonds is 25. The van der Waals surface area contributed by atoms with Gasteiger partial charge in [-0.15, -0.1) is 0 Å². The Balaban J connectivity index is 0.000000311. The highest BCUT2D eigenvalue weighted by atomic mass is 35.5. The summed E-state index contributed by atoms with van der Waals surface area (Å²) in [5, 5.41) is 2.40. The van der Waals surface area contributed by atoms with Crippen molar-refractivity contribution in [3.05, 3.63) is 122 Å². The molecule has 4 aromatic carbocycles. The summed E-state index contributed by atoms with van der Waals surface area (Å²) in [5.41, 5.74) is 8.45. The summed E-state index contributed by atoms with van der Waals surface area (Å²) in [7, 11) is 4.74. The monoisotopic (exact) mass is 832 g/mol. The van der Waals surface area contributed by atoms with Crippen LogP contribution in [0.25, 0.3) is 0 Å². The molecule has 0 aromatic heterocycles. The second-order valence-electron chi connectivity index (χ2n) is 17.8. The Morgan fingerprint density at radius 1 is 0.439 bits per heavy atom. The van der Waals surface area contributed by atoms with Gasteiger partial charge in [0.2, 0.25) is 0 Å². The number of quaternary nitrogens is 1. The van der Waals surface area contributed by atoms with Crippen LogP contribution < -0.4 is 16.4 Å². The van der Waals surface area contributed by atoms with Crippen LogP contribution in [0, 0.1) is 20.8 Å². The Morgan fingerprint density at radius 3 is 1.16 bits per heavy atom. The summed E-state index contributed by atoms with van der Waals surface area (Å²) in [6.07, 6.45) is 24.7. The van der Waals surface area contributed by atoms with E-state index in [-0.39, 0.29) is 0 Å². The molecule has 314 valence electrons. The topological polar surface area (TPSA) is 0 Å². The van der Waals surface area contributed by atoms with Gasteiger partial charge in [0.1, 0.15) is 6.54 Å². The molecule has 0 N–H and O–H groups in total. The standard InChI is InChI=1S/C27H31BCl3.C25H46N/c1-5-6-7-8-15-28(22-12-9-19(2)25(29)16-22,23-13-10-20(3)26(30)17-23)24-14-11-21(4)27(31)18-24;1-4-5-6-7-8-9-10-11-12-13-14-15-16-20-23-26(2,3)24-25-21-18-17-19-22-25/h9-14,16-18H,5-8,15H2,1-4H3;17-19,21-22H,4-16,20,23-24H2,1-3H3/q-1;+1. The maximum absolute atomic E-state index is 6.65. The van der Waals surface area contributed by atoms with Gasteiger partial charge in [-0.3, -0.25) is 0 Å². The van der Waals surface area contributed by atoms with Crippen LogP contribution in [-0.2, 0) is 6.54 Å². The van der Waals surface area contributed by atoms with Gasteiger partial charge in [0, 0.05) is 20.6 Å². The van der Waals surface area contributed by atoms with Gasteiger partial charge in [0.05, 0.1) is 26.8 Å². The van der Waals surface area contributed by atoms with Crippen molar-refractivity contribution >= 4 is 57.3 Å². The fourth-order valence-electron chi connectivity index (χ4n) is 8.59. The van der Waals surface area contributed by atoms with Crippen molar-refractivity contribution in [2.24, 2.45) is 0 Å². The summed E-state index contributed by atoms with van der Waals surface area (Å²) in [5.74, 6) is 0. The van der Waals surface area contributed by atoms with Crippen LogP contribution in [0.3, 0.4) is 0 Å². The molecule has 0 radical (unpaired) electrons. The Hall–Kier alpha value is -2.23. The zero-order valence-corrected chi connectivity index (χ0v) is 39.4. The molecule has 0 heterocycles. The van der Waals surface area contributed by atoms with Crippen molar-refractivity contribution in [3.8, 4) is 0 Å². The minimum absolute atomic E-state index is 0.800. The van der Waals surface area contributed by atoms with Gasteiger partial charge in [0.15, 0.2) is 0 Å². The van der Waals surface area contributed by atoms with Crippen LogP contribution in [-0.4, -0.2) is 31.3 Å². The molecule has 0 saturated carbocycles. The van der Waals surface area contributed by atoms with Crippen LogP contribution in [0.2, 0.25) is 21.4 Å². The van der Waals surface area contributed by atoms with Gasteiger partial charge in [-0.2, -0.15) is 22.7 Å². The number of nitrogens with zero attached hydrogens (tertiary/aromatic N) is 1. The van der Waals surface area contributed by atoms with E-state index in [4.69, 9.17) is 34.8 Å². The van der Waals surface area contributed by atoms with Gasteiger partial charge in [-0.25, -0.2) is 0 Å². The van der Waals surface area contributed by atoms with E-state index in [0.29, 0.717) is 0 Å². The number of halogens is 3. The molecule has 5 heteroatoms. The van der Waals surface area contributed by atoms with E-state index in [0.717, 1.165) is 55.5 Å². The lowest BCUT2D eigenvalue weighted by atomic mass is 9.14. The third-order valence-electron chi connectivity index (χ3n) is 12.4. The zero-order chi connectivity index (χ0) is 41.5. The van der Waals surface area contributed by atoms with Crippen LogP contribution in [0.1, 0.15) is 152 Å². The van der Waals surface area contributed by atoms with Crippen molar-refractivity contribution < 1.29 is 4.48 Å². The summed E-state index contributed by atoms with van der Waals surface area (Å²) in [6, 6.07) is 30.5. The van der Waals surface area contributed by atoms with Crippen LogP contribution in [0.4, 0.5) is 0 Å². The highest BCUT2D eigenvalue weighted by molar-refractivity contribution is 7.11. The first-order chi connectivity index (χ1) is 27.4. The molecule has 1 nitrogen and oxygen atoms in total. The maximum Gasteiger partial charge on any atom is 0.104 e. The van der Waals surface area contributed by atoms with E-state index >= 15 is 0 Å². The minimum Gasteiger partial charge on any atom is -0.325 e. The van der Waals surface area contributed by atoms with Gasteiger partial charge >= 0.3 is 0 Å². The largest absolute Gasteiger partial charge is 0.325 e. The molecule has 0 atom stereocenters. The van der Waals surface area contributed by atoms with Gasteiger partial charge < -0.3 is 4.48 Å². The average Bonchev–Trinajstić information content (AvgIpc) is 3.19. The number of unbranched alkanes of at least 4 members (excludes halogenated alkanes) is 16. The molecule has 0 spiro atoms. The van der Waals surface area contributed by atoms with Crippen molar-refractivity contribution in [1.82, 2.24) is 0 Å². The fraction of sp³-hybridized carbons (Fsp3) is 0.538. The van der Waals surface area contributed by atoms with Gasteiger partial charge in [-0.05, 0) is 50.3 Å². The lowest BCUT2D eigenvalue weighted by Gasteiger charge is -2.44. The average molecular weight is 833 g/mol. The molecular formula is C52H77BCl3N. The molecule has 0 aliphatic carbocycles. The third kappa shape index (κ3) is 17.1. The lowest BCUT2D eigenvalue weighted by molar-refractivity contribution is -0.903.